The number of hydrogen-bond donors (Lipinski definition) is 2. The average Bonchev–Trinajstić information content (AvgIpc) is 2.42. The molecule has 0 heterocycles. The van der Waals surface area contributed by atoms with Crippen LogP contribution in [0.4, 0.5) is 0 Å². The highest BCUT2D eigenvalue weighted by Gasteiger charge is 2.22. The predicted octanol–water partition coefficient (Wildman–Crippen LogP) is 1.85. The van der Waals surface area contributed by atoms with Gasteiger partial charge in [-0.15, -0.1) is 0 Å². The Bertz CT molecular complexity index is 471. The van der Waals surface area contributed by atoms with Gasteiger partial charge in [0, 0.05) is 6.42 Å². The second-order valence-corrected chi connectivity index (χ2v) is 4.98. The Labute approximate surface area is 118 Å². The lowest BCUT2D eigenvalue weighted by atomic mass is 10.0. The topological polar surface area (TPSA) is 75.6 Å². The summed E-state index contributed by atoms with van der Waals surface area (Å²) in [6.07, 6.45) is 0.803. The van der Waals surface area contributed by atoms with Gasteiger partial charge in [-0.25, -0.2) is 4.79 Å². The molecule has 5 nitrogen and oxygen atoms in total. The third kappa shape index (κ3) is 4.91. The van der Waals surface area contributed by atoms with Crippen molar-refractivity contribution in [2.45, 2.75) is 32.7 Å². The molecule has 1 amide bonds. The molecule has 110 valence electrons. The first kappa shape index (κ1) is 16.0. The van der Waals surface area contributed by atoms with Gasteiger partial charge in [0.25, 0.3) is 0 Å². The Morgan fingerprint density at radius 2 is 2.05 bits per heavy atom. The number of amides is 1. The molecule has 0 aliphatic heterocycles. The number of nitrogens with one attached hydrogen (secondary N) is 1. The Hall–Kier alpha value is -2.04. The zero-order chi connectivity index (χ0) is 15.1. The Balaban J connectivity index is 2.52. The number of rotatable bonds is 7. The largest absolute Gasteiger partial charge is 0.497 e. The van der Waals surface area contributed by atoms with E-state index in [4.69, 9.17) is 9.84 Å². The lowest BCUT2D eigenvalue weighted by Gasteiger charge is -2.17. The first-order valence-corrected chi connectivity index (χ1v) is 6.59. The van der Waals surface area contributed by atoms with Crippen LogP contribution in [0.2, 0.25) is 0 Å². The van der Waals surface area contributed by atoms with Crippen LogP contribution >= 0.6 is 0 Å². The maximum atomic E-state index is 11.8. The highest BCUT2D eigenvalue weighted by molar-refractivity contribution is 5.83. The van der Waals surface area contributed by atoms with E-state index in [9.17, 15) is 9.59 Å². The van der Waals surface area contributed by atoms with Crippen LogP contribution in [0.1, 0.15) is 25.8 Å². The van der Waals surface area contributed by atoms with Crippen molar-refractivity contribution in [3.8, 4) is 5.75 Å². The summed E-state index contributed by atoms with van der Waals surface area (Å²) in [6, 6.07) is 6.63. The lowest BCUT2D eigenvalue weighted by Crippen LogP contribution is -2.44. The van der Waals surface area contributed by atoms with Crippen LogP contribution < -0.4 is 10.1 Å². The predicted molar refractivity (Wildman–Crippen MR) is 75.7 cm³/mol. The van der Waals surface area contributed by atoms with Crippen molar-refractivity contribution < 1.29 is 19.4 Å². The maximum Gasteiger partial charge on any atom is 0.326 e. The van der Waals surface area contributed by atoms with Gasteiger partial charge in [-0.3, -0.25) is 4.79 Å². The van der Waals surface area contributed by atoms with E-state index in [-0.39, 0.29) is 18.2 Å². The SMILES string of the molecule is COc1cccc(CCC(=O)NC(C(=O)O)C(C)C)c1. The molecule has 2 N–H and O–H groups in total. The summed E-state index contributed by atoms with van der Waals surface area (Å²) < 4.78 is 5.11. The number of carbonyl (C=O) groups excluding carboxylic acids is 1. The molecule has 0 radical (unpaired) electrons. The number of aliphatic carboxylic acids is 1. The molecule has 20 heavy (non-hydrogen) atoms. The van der Waals surface area contributed by atoms with E-state index in [1.54, 1.807) is 21.0 Å². The van der Waals surface area contributed by atoms with Gasteiger partial charge in [0.2, 0.25) is 5.91 Å². The van der Waals surface area contributed by atoms with Gasteiger partial charge >= 0.3 is 5.97 Å². The Morgan fingerprint density at radius 1 is 1.35 bits per heavy atom. The van der Waals surface area contributed by atoms with E-state index in [1.807, 2.05) is 24.3 Å². The summed E-state index contributed by atoms with van der Waals surface area (Å²) in [5.74, 6) is -0.662. The van der Waals surface area contributed by atoms with E-state index in [2.05, 4.69) is 5.32 Å². The van der Waals surface area contributed by atoms with Gasteiger partial charge in [0.05, 0.1) is 7.11 Å². The van der Waals surface area contributed by atoms with E-state index in [0.717, 1.165) is 11.3 Å². The zero-order valence-corrected chi connectivity index (χ0v) is 12.1. The summed E-state index contributed by atoms with van der Waals surface area (Å²) in [4.78, 5) is 22.8. The Kier molecular flexibility index (Phi) is 6.03. The van der Waals surface area contributed by atoms with Crippen LogP contribution in [-0.4, -0.2) is 30.1 Å². The molecule has 0 aliphatic carbocycles. The highest BCUT2D eigenvalue weighted by Crippen LogP contribution is 2.14. The first-order chi connectivity index (χ1) is 9.43. The van der Waals surface area contributed by atoms with Gasteiger partial charge in [0.1, 0.15) is 11.8 Å². The minimum atomic E-state index is -1.00. The second kappa shape index (κ2) is 7.53. The van der Waals surface area contributed by atoms with E-state index < -0.39 is 12.0 Å². The molecule has 1 rings (SSSR count). The van der Waals surface area contributed by atoms with E-state index in [0.29, 0.717) is 6.42 Å². The van der Waals surface area contributed by atoms with Crippen LogP contribution in [0.3, 0.4) is 0 Å². The second-order valence-electron chi connectivity index (χ2n) is 4.98. The van der Waals surface area contributed by atoms with Crippen LogP contribution in [-0.2, 0) is 16.0 Å². The van der Waals surface area contributed by atoms with Crippen LogP contribution in [0, 0.1) is 5.92 Å². The van der Waals surface area contributed by atoms with Crippen molar-refractivity contribution in [3.05, 3.63) is 29.8 Å². The van der Waals surface area contributed by atoms with E-state index in [1.165, 1.54) is 0 Å². The van der Waals surface area contributed by atoms with Crippen molar-refractivity contribution in [3.63, 3.8) is 0 Å². The number of hydrogen-bond acceptors (Lipinski definition) is 3. The molecule has 0 fully saturated rings. The minimum absolute atomic E-state index is 0.145. The number of benzene rings is 1. The quantitative estimate of drug-likeness (QED) is 0.798. The van der Waals surface area contributed by atoms with Gasteiger partial charge in [-0.2, -0.15) is 0 Å². The summed E-state index contributed by atoms with van der Waals surface area (Å²) in [5, 5.41) is 11.6. The molecule has 1 aromatic rings. The van der Waals surface area contributed by atoms with Crippen molar-refractivity contribution in [2.75, 3.05) is 7.11 Å². The first-order valence-electron chi connectivity index (χ1n) is 6.59. The van der Waals surface area contributed by atoms with Crippen LogP contribution in [0.25, 0.3) is 0 Å². The summed E-state index contributed by atoms with van der Waals surface area (Å²) in [7, 11) is 1.59. The number of carboxylic acids is 1. The molecule has 0 bridgehead atoms. The molecular weight excluding hydrogens is 258 g/mol. The summed E-state index contributed by atoms with van der Waals surface area (Å²) in [5.41, 5.74) is 0.982. The number of carbonyl (C=O) groups is 2. The zero-order valence-electron chi connectivity index (χ0n) is 12.1. The van der Waals surface area contributed by atoms with Crippen molar-refractivity contribution in [1.29, 1.82) is 0 Å². The molecular formula is C15H21NO4. The van der Waals surface area contributed by atoms with Gasteiger partial charge in [-0.1, -0.05) is 26.0 Å². The number of aryl methyl sites for hydroxylation is 1. The number of methoxy groups -OCH3 is 1. The smallest absolute Gasteiger partial charge is 0.326 e. The summed E-state index contributed by atoms with van der Waals surface area (Å²) in [6.45, 7) is 3.53. The van der Waals surface area contributed by atoms with Crippen molar-refractivity contribution in [1.82, 2.24) is 5.32 Å². The standard InChI is InChI=1S/C15H21NO4/c1-10(2)14(15(18)19)16-13(17)8-7-11-5-4-6-12(9-11)20-3/h4-6,9-10,14H,7-8H2,1-3H3,(H,16,17)(H,18,19). The lowest BCUT2D eigenvalue weighted by molar-refractivity contribution is -0.143. The van der Waals surface area contributed by atoms with Crippen LogP contribution in [0.5, 0.6) is 5.75 Å². The molecule has 0 saturated carbocycles. The third-order valence-electron chi connectivity index (χ3n) is 3.02. The highest BCUT2D eigenvalue weighted by atomic mass is 16.5. The minimum Gasteiger partial charge on any atom is -0.497 e. The molecule has 0 saturated heterocycles. The third-order valence-corrected chi connectivity index (χ3v) is 3.02. The normalized spacial score (nSPS) is 12.0. The fourth-order valence-electron chi connectivity index (χ4n) is 1.85. The molecule has 1 unspecified atom stereocenters. The fourth-order valence-corrected chi connectivity index (χ4v) is 1.85. The van der Waals surface area contributed by atoms with Gasteiger partial charge in [0.15, 0.2) is 0 Å². The number of carboxylic acid groups (broad SMARTS) is 1. The molecule has 1 aromatic carbocycles. The fraction of sp³-hybridized carbons (Fsp3) is 0.467. The van der Waals surface area contributed by atoms with E-state index >= 15 is 0 Å². The monoisotopic (exact) mass is 279 g/mol. The summed E-state index contributed by atoms with van der Waals surface area (Å²) >= 11 is 0. The maximum absolute atomic E-state index is 11.8. The molecule has 0 aliphatic rings. The molecule has 0 spiro atoms. The van der Waals surface area contributed by atoms with Gasteiger partial charge in [-0.05, 0) is 30.0 Å². The Morgan fingerprint density at radius 3 is 2.60 bits per heavy atom. The van der Waals surface area contributed by atoms with Crippen molar-refractivity contribution >= 4 is 11.9 Å². The van der Waals surface area contributed by atoms with Gasteiger partial charge < -0.3 is 15.2 Å². The molecule has 1 atom stereocenters. The number of ether oxygens (including phenoxy) is 1. The van der Waals surface area contributed by atoms with Crippen LogP contribution in [0.15, 0.2) is 24.3 Å². The molecule has 5 heteroatoms. The average molecular weight is 279 g/mol. The van der Waals surface area contributed by atoms with Crippen molar-refractivity contribution in [2.24, 2.45) is 5.92 Å². The molecule has 0 aromatic heterocycles.